The zero-order chi connectivity index (χ0) is 22.3. The largest absolute Gasteiger partial charge is 0.388 e. The summed E-state index contributed by atoms with van der Waals surface area (Å²) in [6, 6.07) is 3.77. The van der Waals surface area contributed by atoms with E-state index in [1.54, 1.807) is 23.9 Å². The molecular weight excluding hydrogens is 410 g/mol. The van der Waals surface area contributed by atoms with Crippen molar-refractivity contribution in [2.75, 3.05) is 7.05 Å². The maximum Gasteiger partial charge on any atom is 0.164 e. The molecule has 8 nitrogen and oxygen atoms in total. The molecule has 0 spiro atoms. The van der Waals surface area contributed by atoms with Crippen molar-refractivity contribution in [2.24, 2.45) is 0 Å². The molecule has 0 saturated carbocycles. The van der Waals surface area contributed by atoms with Gasteiger partial charge in [0.05, 0.1) is 17.9 Å². The van der Waals surface area contributed by atoms with Crippen LogP contribution in [0.25, 0.3) is 11.0 Å². The number of rotatable bonds is 6. The van der Waals surface area contributed by atoms with Crippen LogP contribution in [-0.2, 0) is 11.3 Å². The van der Waals surface area contributed by atoms with Gasteiger partial charge in [0.1, 0.15) is 24.2 Å². The molecule has 1 aliphatic rings. The van der Waals surface area contributed by atoms with Crippen molar-refractivity contribution >= 4 is 11.0 Å². The van der Waals surface area contributed by atoms with Crippen LogP contribution in [0, 0.1) is 18.6 Å². The molecule has 1 saturated heterocycles. The number of nitrogens with zero attached hydrogens (tertiary/aromatic N) is 3. The number of hydrogen-bond donors (Lipinski definition) is 4. The van der Waals surface area contributed by atoms with Gasteiger partial charge in [-0.15, -0.1) is 0 Å². The van der Waals surface area contributed by atoms with E-state index in [0.29, 0.717) is 11.2 Å². The van der Waals surface area contributed by atoms with Crippen molar-refractivity contribution in [3.8, 4) is 0 Å². The Labute approximate surface area is 177 Å². The number of aliphatic hydroxyl groups is 3. The van der Waals surface area contributed by atoms with Crippen LogP contribution in [0.1, 0.15) is 35.6 Å². The molecule has 10 heteroatoms. The van der Waals surface area contributed by atoms with Crippen molar-refractivity contribution in [1.82, 2.24) is 19.9 Å². The highest BCUT2D eigenvalue weighted by atomic mass is 19.2. The van der Waals surface area contributed by atoms with E-state index in [4.69, 9.17) is 4.74 Å². The van der Waals surface area contributed by atoms with Gasteiger partial charge in [-0.2, -0.15) is 0 Å². The summed E-state index contributed by atoms with van der Waals surface area (Å²) in [4.78, 5) is 8.37. The first-order chi connectivity index (χ1) is 14.8. The second kappa shape index (κ2) is 8.56. The number of nitrogens with one attached hydrogen (secondary N) is 1. The van der Waals surface area contributed by atoms with Crippen LogP contribution < -0.4 is 5.32 Å². The van der Waals surface area contributed by atoms with Gasteiger partial charge in [-0.1, -0.05) is 0 Å². The zero-order valence-corrected chi connectivity index (χ0v) is 17.0. The van der Waals surface area contributed by atoms with Gasteiger partial charge >= 0.3 is 0 Å². The Morgan fingerprint density at radius 2 is 1.94 bits per heavy atom. The fourth-order valence-electron chi connectivity index (χ4n) is 4.06. The summed E-state index contributed by atoms with van der Waals surface area (Å²) in [6.07, 6.45) is -2.71. The van der Waals surface area contributed by atoms with E-state index in [0.717, 1.165) is 23.2 Å². The summed E-state index contributed by atoms with van der Waals surface area (Å²) in [5.74, 6) is -2.08. The average Bonchev–Trinajstić information content (AvgIpc) is 3.28. The van der Waals surface area contributed by atoms with E-state index >= 15 is 0 Å². The molecule has 0 aliphatic carbocycles. The molecule has 5 atom stereocenters. The lowest BCUT2D eigenvalue weighted by Crippen LogP contribution is -2.32. The standard InChI is InChI=1S/C21H24F2N4O4/c1-10-12-3-4-27(20(12)26-9-25-10)21-19(30)18(29)17(31-21)7-16(28)13-6-15(23)14(22)5-11(13)8-24-2/h3-6,9,16-19,21,24,28-30H,7-8H2,1-2H3/t16-,17+,18-,19-,21-/m1/s1. The monoisotopic (exact) mass is 434 g/mol. The Morgan fingerprint density at radius 1 is 1.19 bits per heavy atom. The first-order valence-corrected chi connectivity index (χ1v) is 9.92. The van der Waals surface area contributed by atoms with Crippen molar-refractivity contribution in [3.63, 3.8) is 0 Å². The van der Waals surface area contributed by atoms with Crippen LogP contribution in [-0.4, -0.2) is 55.2 Å². The lowest BCUT2D eigenvalue weighted by Gasteiger charge is -2.21. The number of ether oxygens (including phenoxy) is 1. The van der Waals surface area contributed by atoms with Gasteiger partial charge < -0.3 is 29.9 Å². The second-order valence-electron chi connectivity index (χ2n) is 7.71. The van der Waals surface area contributed by atoms with Gasteiger partial charge in [-0.25, -0.2) is 18.7 Å². The Kier molecular flexibility index (Phi) is 6.00. The molecule has 166 valence electrons. The highest BCUT2D eigenvalue weighted by molar-refractivity contribution is 5.78. The highest BCUT2D eigenvalue weighted by Crippen LogP contribution is 2.36. The molecule has 2 aromatic heterocycles. The number of hydrogen-bond acceptors (Lipinski definition) is 7. The maximum atomic E-state index is 13.8. The third-order valence-electron chi connectivity index (χ3n) is 5.68. The fraction of sp³-hybridized carbons (Fsp3) is 0.429. The minimum absolute atomic E-state index is 0.121. The van der Waals surface area contributed by atoms with E-state index in [2.05, 4.69) is 15.3 Å². The first kappa shape index (κ1) is 21.7. The number of aryl methyl sites for hydroxylation is 1. The van der Waals surface area contributed by atoms with Crippen molar-refractivity contribution < 1.29 is 28.8 Å². The molecule has 0 radical (unpaired) electrons. The van der Waals surface area contributed by atoms with Crippen LogP contribution in [0.2, 0.25) is 0 Å². The molecule has 3 aromatic rings. The van der Waals surface area contributed by atoms with Gasteiger partial charge in [-0.3, -0.25) is 0 Å². The fourth-order valence-corrected chi connectivity index (χ4v) is 4.06. The minimum Gasteiger partial charge on any atom is -0.388 e. The van der Waals surface area contributed by atoms with Gasteiger partial charge in [-0.05, 0) is 43.3 Å². The van der Waals surface area contributed by atoms with Crippen molar-refractivity contribution in [3.05, 3.63) is 59.2 Å². The Hall–Kier alpha value is -2.50. The highest BCUT2D eigenvalue weighted by Gasteiger charge is 2.45. The van der Waals surface area contributed by atoms with Crippen LogP contribution in [0.3, 0.4) is 0 Å². The van der Waals surface area contributed by atoms with Gasteiger partial charge in [0.25, 0.3) is 0 Å². The quantitative estimate of drug-likeness (QED) is 0.465. The minimum atomic E-state index is -1.29. The van der Waals surface area contributed by atoms with Crippen LogP contribution in [0.4, 0.5) is 8.78 Å². The third kappa shape index (κ3) is 3.92. The normalized spacial score (nSPS) is 24.7. The molecule has 31 heavy (non-hydrogen) atoms. The summed E-state index contributed by atoms with van der Waals surface area (Å²) in [5, 5.41) is 35.5. The second-order valence-corrected chi connectivity index (χ2v) is 7.71. The maximum absolute atomic E-state index is 13.8. The Balaban J connectivity index is 1.58. The molecule has 1 aliphatic heterocycles. The lowest BCUT2D eigenvalue weighted by molar-refractivity contribution is -0.0491. The number of halogens is 2. The van der Waals surface area contributed by atoms with Crippen molar-refractivity contribution in [2.45, 2.75) is 50.5 Å². The number of benzene rings is 1. The van der Waals surface area contributed by atoms with Gasteiger partial charge in [0, 0.05) is 24.5 Å². The zero-order valence-electron chi connectivity index (χ0n) is 17.0. The number of aliphatic hydroxyl groups excluding tert-OH is 3. The molecule has 0 unspecified atom stereocenters. The molecular formula is C21H24F2N4O4. The molecule has 4 N–H and O–H groups in total. The molecule has 0 amide bonds. The van der Waals surface area contributed by atoms with Crippen molar-refractivity contribution in [1.29, 1.82) is 0 Å². The number of aromatic nitrogens is 3. The SMILES string of the molecule is CNCc1cc(F)c(F)cc1[C@H](O)C[C@@H]1O[C@@H](n2ccc3c(C)ncnc32)[C@H](O)[C@@H]1O. The van der Waals surface area contributed by atoms with E-state index < -0.39 is 42.3 Å². The van der Waals surface area contributed by atoms with Crippen LogP contribution in [0.15, 0.2) is 30.7 Å². The van der Waals surface area contributed by atoms with E-state index in [-0.39, 0.29) is 18.5 Å². The molecule has 3 heterocycles. The van der Waals surface area contributed by atoms with Crippen LogP contribution >= 0.6 is 0 Å². The topological polar surface area (TPSA) is 113 Å². The van der Waals surface area contributed by atoms with Gasteiger partial charge in [0.2, 0.25) is 0 Å². The molecule has 1 fully saturated rings. The molecule has 1 aromatic carbocycles. The summed E-state index contributed by atoms with van der Waals surface area (Å²) in [6.45, 7) is 2.05. The van der Waals surface area contributed by atoms with Crippen LogP contribution in [0.5, 0.6) is 0 Å². The summed E-state index contributed by atoms with van der Waals surface area (Å²) >= 11 is 0. The van der Waals surface area contributed by atoms with Gasteiger partial charge in [0.15, 0.2) is 17.9 Å². The summed E-state index contributed by atoms with van der Waals surface area (Å²) in [5.41, 5.74) is 1.89. The predicted molar refractivity (Wildman–Crippen MR) is 107 cm³/mol. The van der Waals surface area contributed by atoms with E-state index in [1.165, 1.54) is 6.33 Å². The molecule has 0 bridgehead atoms. The van der Waals surface area contributed by atoms with E-state index in [1.807, 2.05) is 6.92 Å². The summed E-state index contributed by atoms with van der Waals surface area (Å²) < 4.78 is 34.9. The Bertz CT molecular complexity index is 1090. The average molecular weight is 434 g/mol. The van der Waals surface area contributed by atoms with E-state index in [9.17, 15) is 24.1 Å². The molecule has 4 rings (SSSR count). The predicted octanol–water partition coefficient (Wildman–Crippen LogP) is 1.48. The smallest absolute Gasteiger partial charge is 0.164 e. The summed E-state index contributed by atoms with van der Waals surface area (Å²) in [7, 11) is 1.65. The first-order valence-electron chi connectivity index (χ1n) is 9.92. The number of fused-ring (bicyclic) bond motifs is 1. The Morgan fingerprint density at radius 3 is 2.68 bits per heavy atom. The lowest BCUT2D eigenvalue weighted by atomic mass is 9.95. The third-order valence-corrected chi connectivity index (χ3v) is 5.68.